The van der Waals surface area contributed by atoms with Crippen LogP contribution in [0, 0.1) is 0 Å². The first-order chi connectivity index (χ1) is 17.2. The summed E-state index contributed by atoms with van der Waals surface area (Å²) in [5.74, 6) is -5.03. The third kappa shape index (κ3) is 15.5. The third-order valence-corrected chi connectivity index (χ3v) is 4.65. The molecule has 2 aromatic rings. The molecule has 0 radical (unpaired) electrons. The highest BCUT2D eigenvalue weighted by molar-refractivity contribution is 5.90. The molecule has 0 aliphatic carbocycles. The minimum atomic E-state index is -1.26. The minimum absolute atomic E-state index is 0.558. The van der Waals surface area contributed by atoms with Crippen LogP contribution in [0.4, 0.5) is 0 Å². The van der Waals surface area contributed by atoms with Crippen molar-refractivity contribution in [2.24, 2.45) is 0 Å². The fraction of sp³-hybridized carbons (Fsp3) is 0.231. The van der Waals surface area contributed by atoms with Gasteiger partial charge in [0.05, 0.1) is 0 Å². The number of rotatable bonds is 8. The van der Waals surface area contributed by atoms with Crippen LogP contribution < -0.4 is 5.32 Å². The van der Waals surface area contributed by atoms with E-state index in [0.29, 0.717) is 30.3 Å². The van der Waals surface area contributed by atoms with Crippen molar-refractivity contribution in [3.05, 3.63) is 96.1 Å². The average molecular weight is 499 g/mol. The number of carboxylic acid groups (broad SMARTS) is 4. The van der Waals surface area contributed by atoms with Crippen LogP contribution in [0.15, 0.2) is 85.0 Å². The summed E-state index contributed by atoms with van der Waals surface area (Å²) >= 11 is 0. The summed E-state index contributed by atoms with van der Waals surface area (Å²) in [7, 11) is 0. The number of hydrogen-bond acceptors (Lipinski definition) is 6. The SMILES string of the molecule is O=C(O)/C=C\C(=O)O.O=C(O)/C=C\C(=O)O.c1ccc(CC2CN(Cc3ccccc3)CCN2)cc1. The van der Waals surface area contributed by atoms with Crippen LogP contribution in [-0.2, 0) is 32.1 Å². The zero-order valence-corrected chi connectivity index (χ0v) is 19.6. The quantitative estimate of drug-likeness (QED) is 0.341. The zero-order valence-electron chi connectivity index (χ0n) is 19.6. The summed E-state index contributed by atoms with van der Waals surface area (Å²) in [6, 6.07) is 22.1. The fourth-order valence-corrected chi connectivity index (χ4v) is 3.20. The summed E-state index contributed by atoms with van der Waals surface area (Å²) in [5, 5.41) is 34.9. The zero-order chi connectivity index (χ0) is 26.8. The van der Waals surface area contributed by atoms with Gasteiger partial charge in [0.1, 0.15) is 0 Å². The van der Waals surface area contributed by atoms with Gasteiger partial charge >= 0.3 is 23.9 Å². The van der Waals surface area contributed by atoms with Crippen LogP contribution in [0.1, 0.15) is 11.1 Å². The fourth-order valence-electron chi connectivity index (χ4n) is 3.20. The summed E-state index contributed by atoms with van der Waals surface area (Å²) in [4.78, 5) is 40.8. The summed E-state index contributed by atoms with van der Waals surface area (Å²) in [6.45, 7) is 4.42. The van der Waals surface area contributed by atoms with Gasteiger partial charge in [-0.1, -0.05) is 60.7 Å². The number of benzene rings is 2. The molecule has 36 heavy (non-hydrogen) atoms. The van der Waals surface area contributed by atoms with Crippen molar-refractivity contribution in [1.29, 1.82) is 0 Å². The van der Waals surface area contributed by atoms with Gasteiger partial charge in [-0.05, 0) is 17.5 Å². The maximum Gasteiger partial charge on any atom is 0.328 e. The first-order valence-electron chi connectivity index (χ1n) is 11.0. The van der Waals surface area contributed by atoms with E-state index in [1.807, 2.05) is 0 Å². The van der Waals surface area contributed by atoms with E-state index in [0.717, 1.165) is 32.6 Å². The molecule has 10 nitrogen and oxygen atoms in total. The molecule has 1 saturated heterocycles. The van der Waals surface area contributed by atoms with Gasteiger partial charge in [-0.2, -0.15) is 0 Å². The first kappa shape index (κ1) is 29.8. The molecule has 10 heteroatoms. The Morgan fingerprint density at radius 3 is 1.56 bits per heavy atom. The molecule has 0 spiro atoms. The monoisotopic (exact) mass is 498 g/mol. The van der Waals surface area contributed by atoms with E-state index < -0.39 is 23.9 Å². The molecule has 1 heterocycles. The molecule has 0 aromatic heterocycles. The largest absolute Gasteiger partial charge is 0.478 e. The lowest BCUT2D eigenvalue weighted by molar-refractivity contribution is -0.134. The molecule has 2 aromatic carbocycles. The van der Waals surface area contributed by atoms with E-state index in [2.05, 4.69) is 70.9 Å². The Labute approximate surface area is 208 Å². The highest BCUT2D eigenvalue weighted by atomic mass is 16.4. The van der Waals surface area contributed by atoms with Gasteiger partial charge in [-0.25, -0.2) is 19.2 Å². The maximum atomic E-state index is 9.55. The summed E-state index contributed by atoms with van der Waals surface area (Å²) in [6.07, 6.45) is 3.35. The van der Waals surface area contributed by atoms with E-state index >= 15 is 0 Å². The van der Waals surface area contributed by atoms with E-state index in [4.69, 9.17) is 20.4 Å². The van der Waals surface area contributed by atoms with Crippen LogP contribution in [0.3, 0.4) is 0 Å². The van der Waals surface area contributed by atoms with Crippen molar-refractivity contribution in [2.45, 2.75) is 19.0 Å². The third-order valence-electron chi connectivity index (χ3n) is 4.65. The Bertz CT molecular complexity index is 909. The lowest BCUT2D eigenvalue weighted by atomic mass is 10.0. The standard InChI is InChI=1S/C18H22N2.2C4H4O4/c1-3-7-16(8-4-1)13-18-15-20(12-11-19-18)14-17-9-5-2-6-10-17;2*5-3(6)1-2-4(7)8/h1-10,18-19H,11-15H2;2*1-2H,(H,5,6)(H,7,8)/b;2*2-1-. The highest BCUT2D eigenvalue weighted by Crippen LogP contribution is 2.11. The van der Waals surface area contributed by atoms with Crippen LogP contribution in [-0.4, -0.2) is 74.9 Å². The van der Waals surface area contributed by atoms with Crippen LogP contribution in [0.5, 0.6) is 0 Å². The molecule has 1 aliphatic heterocycles. The Kier molecular flexibility index (Phi) is 14.2. The number of nitrogens with one attached hydrogen (secondary N) is 1. The molecule has 0 saturated carbocycles. The Hall–Kier alpha value is -4.28. The topological polar surface area (TPSA) is 164 Å². The van der Waals surface area contributed by atoms with Crippen molar-refractivity contribution in [3.8, 4) is 0 Å². The number of nitrogens with zero attached hydrogens (tertiary/aromatic N) is 1. The van der Waals surface area contributed by atoms with E-state index in [-0.39, 0.29) is 0 Å². The number of carboxylic acids is 4. The van der Waals surface area contributed by atoms with Gasteiger partial charge in [-0.15, -0.1) is 0 Å². The molecule has 0 bridgehead atoms. The average Bonchev–Trinajstić information content (AvgIpc) is 2.84. The lowest BCUT2D eigenvalue weighted by Crippen LogP contribution is -2.51. The molecular weight excluding hydrogens is 468 g/mol. The highest BCUT2D eigenvalue weighted by Gasteiger charge is 2.19. The van der Waals surface area contributed by atoms with Gasteiger partial charge in [0.25, 0.3) is 0 Å². The molecule has 1 aliphatic rings. The molecular formula is C26H30N2O8. The Balaban J connectivity index is 0.000000337. The number of aliphatic carboxylic acids is 4. The van der Waals surface area contributed by atoms with E-state index in [9.17, 15) is 19.2 Å². The second-order valence-corrected chi connectivity index (χ2v) is 7.58. The summed E-state index contributed by atoms with van der Waals surface area (Å²) in [5.41, 5.74) is 2.83. The van der Waals surface area contributed by atoms with Gasteiger partial charge < -0.3 is 25.7 Å². The lowest BCUT2D eigenvalue weighted by Gasteiger charge is -2.33. The van der Waals surface area contributed by atoms with Crippen molar-refractivity contribution in [3.63, 3.8) is 0 Å². The molecule has 1 fully saturated rings. The normalized spacial score (nSPS) is 15.3. The van der Waals surface area contributed by atoms with Gasteiger partial charge in [0, 0.05) is 56.5 Å². The number of piperazine rings is 1. The van der Waals surface area contributed by atoms with Gasteiger partial charge in [-0.3, -0.25) is 4.90 Å². The Morgan fingerprint density at radius 2 is 1.14 bits per heavy atom. The van der Waals surface area contributed by atoms with Crippen molar-refractivity contribution >= 4 is 23.9 Å². The van der Waals surface area contributed by atoms with Crippen LogP contribution in [0.2, 0.25) is 0 Å². The van der Waals surface area contributed by atoms with Crippen molar-refractivity contribution in [2.75, 3.05) is 19.6 Å². The molecule has 0 amide bonds. The molecule has 192 valence electrons. The van der Waals surface area contributed by atoms with Crippen LogP contribution >= 0.6 is 0 Å². The summed E-state index contributed by atoms with van der Waals surface area (Å²) < 4.78 is 0. The van der Waals surface area contributed by atoms with Crippen molar-refractivity contribution < 1.29 is 39.6 Å². The van der Waals surface area contributed by atoms with Crippen molar-refractivity contribution in [1.82, 2.24) is 10.2 Å². The molecule has 3 rings (SSSR count). The van der Waals surface area contributed by atoms with E-state index in [1.165, 1.54) is 11.1 Å². The van der Waals surface area contributed by atoms with E-state index in [1.54, 1.807) is 0 Å². The predicted octanol–water partition coefficient (Wildman–Crippen LogP) is 2.13. The van der Waals surface area contributed by atoms with Crippen LogP contribution in [0.25, 0.3) is 0 Å². The molecule has 5 N–H and O–H groups in total. The predicted molar refractivity (Wildman–Crippen MR) is 132 cm³/mol. The first-order valence-corrected chi connectivity index (χ1v) is 11.0. The maximum absolute atomic E-state index is 9.55. The second-order valence-electron chi connectivity index (χ2n) is 7.58. The second kappa shape index (κ2) is 17.2. The number of hydrogen-bond donors (Lipinski definition) is 5. The van der Waals surface area contributed by atoms with Gasteiger partial charge in [0.15, 0.2) is 0 Å². The number of carbonyl (C=O) groups is 4. The van der Waals surface area contributed by atoms with Gasteiger partial charge in [0.2, 0.25) is 0 Å². The smallest absolute Gasteiger partial charge is 0.328 e. The molecule has 1 unspecified atom stereocenters. The minimum Gasteiger partial charge on any atom is -0.478 e. The molecule has 1 atom stereocenters. The Morgan fingerprint density at radius 1 is 0.722 bits per heavy atom.